The van der Waals surface area contributed by atoms with Crippen molar-refractivity contribution in [2.24, 2.45) is 0 Å². The first kappa shape index (κ1) is 14.8. The highest BCUT2D eigenvalue weighted by Crippen LogP contribution is 2.28. The molecule has 0 amide bonds. The van der Waals surface area contributed by atoms with Crippen molar-refractivity contribution in [2.75, 3.05) is 7.05 Å². The molecule has 1 heterocycles. The molecule has 0 aliphatic carbocycles. The lowest BCUT2D eigenvalue weighted by Crippen LogP contribution is -2.25. The molecule has 0 N–H and O–H groups in total. The average molecular weight is 336 g/mol. The van der Waals surface area contributed by atoms with E-state index in [4.69, 9.17) is 23.2 Å². The smallest absolute Gasteiger partial charge is 0.206 e. The van der Waals surface area contributed by atoms with Crippen LogP contribution in [-0.2, 0) is 16.6 Å². The van der Waals surface area contributed by atoms with Gasteiger partial charge in [0.25, 0.3) is 10.0 Å². The summed E-state index contributed by atoms with van der Waals surface area (Å²) in [6.45, 7) is 0.287. The van der Waals surface area contributed by atoms with Gasteiger partial charge in [-0.05, 0) is 29.8 Å². The Bertz CT molecular complexity index is 665. The Balaban J connectivity index is 2.19. The lowest BCUT2D eigenvalue weighted by Gasteiger charge is -2.16. The van der Waals surface area contributed by atoms with Crippen molar-refractivity contribution in [3.05, 3.63) is 51.3 Å². The lowest BCUT2D eigenvalue weighted by atomic mass is 10.2. The molecule has 19 heavy (non-hydrogen) atoms. The van der Waals surface area contributed by atoms with Crippen molar-refractivity contribution in [2.45, 2.75) is 10.8 Å². The van der Waals surface area contributed by atoms with Crippen LogP contribution >= 0.6 is 34.5 Å². The summed E-state index contributed by atoms with van der Waals surface area (Å²) in [5.74, 6) is 0. The zero-order chi connectivity index (χ0) is 14.0. The van der Waals surface area contributed by atoms with Gasteiger partial charge in [0.15, 0.2) is 0 Å². The van der Waals surface area contributed by atoms with E-state index < -0.39 is 10.0 Å². The first-order chi connectivity index (χ1) is 8.89. The van der Waals surface area contributed by atoms with Crippen LogP contribution in [0.15, 0.2) is 40.6 Å². The summed E-state index contributed by atoms with van der Waals surface area (Å²) >= 11 is 12.6. The van der Waals surface area contributed by atoms with Crippen LogP contribution in [0.4, 0.5) is 0 Å². The topological polar surface area (TPSA) is 37.4 Å². The van der Waals surface area contributed by atoms with Gasteiger partial charge in [-0.2, -0.15) is 4.31 Å². The van der Waals surface area contributed by atoms with Crippen molar-refractivity contribution in [1.29, 1.82) is 0 Å². The Morgan fingerprint density at radius 2 is 1.74 bits per heavy atom. The van der Waals surface area contributed by atoms with E-state index in [1.807, 2.05) is 0 Å². The zero-order valence-electron chi connectivity index (χ0n) is 10.0. The maximum absolute atomic E-state index is 12.3. The van der Waals surface area contributed by atoms with Gasteiger partial charge in [0.05, 0.1) is 4.34 Å². The van der Waals surface area contributed by atoms with Gasteiger partial charge >= 0.3 is 0 Å². The monoisotopic (exact) mass is 335 g/mol. The second-order valence-corrected chi connectivity index (χ2v) is 8.37. The molecule has 0 spiro atoms. The number of nitrogens with zero attached hydrogens (tertiary/aromatic N) is 1. The molecular weight excluding hydrogens is 325 g/mol. The molecule has 0 aliphatic heterocycles. The van der Waals surface area contributed by atoms with Gasteiger partial charge in [-0.15, -0.1) is 11.3 Å². The molecular formula is C12H11Cl2NO2S2. The van der Waals surface area contributed by atoms with Crippen LogP contribution in [0.1, 0.15) is 5.56 Å². The average Bonchev–Trinajstić information content (AvgIpc) is 2.79. The van der Waals surface area contributed by atoms with Crippen LogP contribution in [0.25, 0.3) is 0 Å². The third kappa shape index (κ3) is 3.49. The van der Waals surface area contributed by atoms with Gasteiger partial charge in [-0.25, -0.2) is 8.42 Å². The Morgan fingerprint density at radius 1 is 1.11 bits per heavy atom. The predicted molar refractivity (Wildman–Crippen MR) is 79.4 cm³/mol. The minimum absolute atomic E-state index is 0.244. The lowest BCUT2D eigenvalue weighted by molar-refractivity contribution is 0.468. The summed E-state index contributed by atoms with van der Waals surface area (Å²) in [4.78, 5) is 0. The fourth-order valence-corrected chi connectivity index (χ4v) is 4.50. The predicted octanol–water partition coefficient (Wildman–Crippen LogP) is 3.88. The van der Waals surface area contributed by atoms with Gasteiger partial charge < -0.3 is 0 Å². The minimum Gasteiger partial charge on any atom is -0.206 e. The molecule has 1 aromatic carbocycles. The molecule has 0 saturated heterocycles. The van der Waals surface area contributed by atoms with Crippen LogP contribution in [0.2, 0.25) is 9.36 Å². The summed E-state index contributed by atoms with van der Waals surface area (Å²) in [5.41, 5.74) is 0.873. The van der Waals surface area contributed by atoms with E-state index in [-0.39, 0.29) is 10.8 Å². The number of rotatable bonds is 4. The molecule has 7 heteroatoms. The number of hydrogen-bond donors (Lipinski definition) is 0. The Labute approximate surface area is 126 Å². The fourth-order valence-electron chi connectivity index (χ4n) is 1.52. The molecule has 0 unspecified atom stereocenters. The molecule has 0 aliphatic rings. The number of hydrogen-bond acceptors (Lipinski definition) is 3. The Morgan fingerprint density at radius 3 is 2.26 bits per heavy atom. The number of halogens is 2. The summed E-state index contributed by atoms with van der Waals surface area (Å²) in [6.07, 6.45) is 0. The van der Waals surface area contributed by atoms with E-state index in [0.29, 0.717) is 9.36 Å². The van der Waals surface area contributed by atoms with Gasteiger partial charge in [0, 0.05) is 18.6 Å². The van der Waals surface area contributed by atoms with Crippen molar-refractivity contribution >= 4 is 44.6 Å². The van der Waals surface area contributed by atoms with Crippen LogP contribution in [0.3, 0.4) is 0 Å². The van der Waals surface area contributed by atoms with Crippen LogP contribution in [0.5, 0.6) is 0 Å². The Hall–Kier alpha value is -0.590. The van der Waals surface area contributed by atoms with Crippen molar-refractivity contribution < 1.29 is 8.42 Å². The SMILES string of the molecule is CN(Cc1ccc(Cl)cc1)S(=O)(=O)c1ccc(Cl)s1. The summed E-state index contributed by atoms with van der Waals surface area (Å²) in [7, 11) is -1.95. The number of sulfonamides is 1. The van der Waals surface area contributed by atoms with Crippen LogP contribution < -0.4 is 0 Å². The second kappa shape index (κ2) is 5.81. The summed E-state index contributed by atoms with van der Waals surface area (Å²) < 4.78 is 26.5. The maximum Gasteiger partial charge on any atom is 0.252 e. The second-order valence-electron chi connectivity index (χ2n) is 3.95. The highest BCUT2D eigenvalue weighted by molar-refractivity contribution is 7.91. The molecule has 2 aromatic rings. The molecule has 2 rings (SSSR count). The van der Waals surface area contributed by atoms with Gasteiger partial charge in [0.1, 0.15) is 4.21 Å². The van der Waals surface area contributed by atoms with E-state index in [1.165, 1.54) is 17.4 Å². The van der Waals surface area contributed by atoms with Gasteiger partial charge in [-0.3, -0.25) is 0 Å². The first-order valence-electron chi connectivity index (χ1n) is 5.36. The quantitative estimate of drug-likeness (QED) is 0.850. The largest absolute Gasteiger partial charge is 0.252 e. The third-order valence-corrected chi connectivity index (χ3v) is 6.29. The zero-order valence-corrected chi connectivity index (χ0v) is 13.2. The molecule has 0 bridgehead atoms. The Kier molecular flexibility index (Phi) is 4.53. The number of thiophene rings is 1. The molecule has 102 valence electrons. The highest BCUT2D eigenvalue weighted by atomic mass is 35.5. The van der Waals surface area contributed by atoms with Crippen molar-refractivity contribution in [3.8, 4) is 0 Å². The van der Waals surface area contributed by atoms with Gasteiger partial charge in [-0.1, -0.05) is 35.3 Å². The summed E-state index contributed by atoms with van der Waals surface area (Å²) in [5, 5.41) is 0.624. The first-order valence-corrected chi connectivity index (χ1v) is 8.37. The maximum atomic E-state index is 12.3. The standard InChI is InChI=1S/C12H11Cl2NO2S2/c1-15(8-9-2-4-10(13)5-3-9)19(16,17)12-7-6-11(14)18-12/h2-7H,8H2,1H3. The van der Waals surface area contributed by atoms with E-state index in [9.17, 15) is 8.42 Å². The molecule has 1 aromatic heterocycles. The van der Waals surface area contributed by atoms with Crippen LogP contribution in [-0.4, -0.2) is 19.8 Å². The van der Waals surface area contributed by atoms with E-state index in [2.05, 4.69) is 0 Å². The van der Waals surface area contributed by atoms with E-state index >= 15 is 0 Å². The molecule has 0 fully saturated rings. The van der Waals surface area contributed by atoms with Crippen molar-refractivity contribution in [3.63, 3.8) is 0 Å². The molecule has 0 saturated carbocycles. The molecule has 3 nitrogen and oxygen atoms in total. The van der Waals surface area contributed by atoms with Crippen molar-refractivity contribution in [1.82, 2.24) is 4.31 Å². The molecule has 0 radical (unpaired) electrons. The highest BCUT2D eigenvalue weighted by Gasteiger charge is 2.22. The normalized spacial score (nSPS) is 12.0. The summed E-state index contributed by atoms with van der Waals surface area (Å²) in [6, 6.07) is 10.2. The minimum atomic E-state index is -3.49. The van der Waals surface area contributed by atoms with Gasteiger partial charge in [0.2, 0.25) is 0 Å². The fraction of sp³-hybridized carbons (Fsp3) is 0.167. The third-order valence-electron chi connectivity index (χ3n) is 2.53. The van der Waals surface area contributed by atoms with Crippen LogP contribution in [0, 0.1) is 0 Å². The van der Waals surface area contributed by atoms with E-state index in [1.54, 1.807) is 30.3 Å². The van der Waals surface area contributed by atoms with E-state index in [0.717, 1.165) is 16.9 Å². The number of benzene rings is 1. The molecule has 0 atom stereocenters.